The number of halogens is 3. The van der Waals surface area contributed by atoms with Crippen LogP contribution in [0.15, 0.2) is 65.6 Å². The summed E-state index contributed by atoms with van der Waals surface area (Å²) in [4.78, 5) is 12.3. The zero-order valence-electron chi connectivity index (χ0n) is 17.5. The SMILES string of the molecule is COc1ccc(S(=O)(=O)N(CC(=O)Nc2c(F)cccc2F)c2ccc(F)cc2)cc1OC. The summed E-state index contributed by atoms with van der Waals surface area (Å²) in [6.07, 6.45) is 0. The molecule has 0 atom stereocenters. The van der Waals surface area contributed by atoms with E-state index in [0.29, 0.717) is 4.31 Å². The van der Waals surface area contributed by atoms with E-state index in [4.69, 9.17) is 9.47 Å². The summed E-state index contributed by atoms with van der Waals surface area (Å²) >= 11 is 0. The average Bonchev–Trinajstić information content (AvgIpc) is 2.80. The van der Waals surface area contributed by atoms with E-state index in [0.717, 1.165) is 42.5 Å². The van der Waals surface area contributed by atoms with Crippen LogP contribution >= 0.6 is 0 Å². The van der Waals surface area contributed by atoms with Gasteiger partial charge in [0.05, 0.1) is 24.8 Å². The molecule has 3 rings (SSSR count). The number of carbonyl (C=O) groups excluding carboxylic acids is 1. The first-order valence-electron chi connectivity index (χ1n) is 9.41. The highest BCUT2D eigenvalue weighted by atomic mass is 32.2. The van der Waals surface area contributed by atoms with Crippen molar-refractivity contribution in [3.05, 3.63) is 78.1 Å². The van der Waals surface area contributed by atoms with E-state index < -0.39 is 45.6 Å². The molecular formula is C22H19F3N2O5S. The molecule has 11 heteroatoms. The number of nitrogens with zero attached hydrogens (tertiary/aromatic N) is 1. The summed E-state index contributed by atoms with van der Waals surface area (Å²) in [6, 6.07) is 11.1. The van der Waals surface area contributed by atoms with Gasteiger partial charge in [0.25, 0.3) is 10.0 Å². The zero-order chi connectivity index (χ0) is 24.2. The number of ether oxygens (including phenoxy) is 2. The lowest BCUT2D eigenvalue weighted by Crippen LogP contribution is -2.38. The molecule has 0 aromatic heterocycles. The molecule has 3 aromatic rings. The van der Waals surface area contributed by atoms with Crippen molar-refractivity contribution >= 4 is 27.3 Å². The van der Waals surface area contributed by atoms with Gasteiger partial charge in [-0.05, 0) is 48.5 Å². The van der Waals surface area contributed by atoms with Crippen LogP contribution in [0.3, 0.4) is 0 Å². The maximum absolute atomic E-state index is 13.9. The molecule has 0 aliphatic carbocycles. The number of carbonyl (C=O) groups is 1. The van der Waals surface area contributed by atoms with Crippen LogP contribution in [0.5, 0.6) is 11.5 Å². The minimum Gasteiger partial charge on any atom is -0.493 e. The molecule has 0 aliphatic heterocycles. The zero-order valence-corrected chi connectivity index (χ0v) is 18.3. The van der Waals surface area contributed by atoms with Crippen molar-refractivity contribution in [3.8, 4) is 11.5 Å². The molecule has 0 heterocycles. The van der Waals surface area contributed by atoms with Gasteiger partial charge in [0.2, 0.25) is 5.91 Å². The summed E-state index contributed by atoms with van der Waals surface area (Å²) in [6.45, 7) is -0.851. The van der Waals surface area contributed by atoms with Gasteiger partial charge in [0.15, 0.2) is 11.5 Å². The topological polar surface area (TPSA) is 84.9 Å². The van der Waals surface area contributed by atoms with E-state index >= 15 is 0 Å². The fourth-order valence-corrected chi connectivity index (χ4v) is 4.39. The summed E-state index contributed by atoms with van der Waals surface area (Å²) in [5.41, 5.74) is -0.764. The number of benzene rings is 3. The highest BCUT2D eigenvalue weighted by Gasteiger charge is 2.29. The summed E-state index contributed by atoms with van der Waals surface area (Å²) in [7, 11) is -1.71. The summed E-state index contributed by atoms with van der Waals surface area (Å²) in [5, 5.41) is 2.04. The molecule has 33 heavy (non-hydrogen) atoms. The van der Waals surface area contributed by atoms with E-state index in [-0.39, 0.29) is 22.1 Å². The smallest absolute Gasteiger partial charge is 0.264 e. The lowest BCUT2D eigenvalue weighted by atomic mass is 10.3. The Morgan fingerprint density at radius 1 is 0.909 bits per heavy atom. The molecule has 1 N–H and O–H groups in total. The van der Waals surface area contributed by atoms with Crippen molar-refractivity contribution in [2.75, 3.05) is 30.4 Å². The van der Waals surface area contributed by atoms with Crippen LogP contribution in [-0.2, 0) is 14.8 Å². The van der Waals surface area contributed by atoms with E-state index in [9.17, 15) is 26.4 Å². The maximum atomic E-state index is 13.9. The molecule has 0 radical (unpaired) electrons. The summed E-state index contributed by atoms with van der Waals surface area (Å²) < 4.78 is 79.0. The monoisotopic (exact) mass is 480 g/mol. The van der Waals surface area contributed by atoms with Gasteiger partial charge in [-0.15, -0.1) is 0 Å². The van der Waals surface area contributed by atoms with Crippen molar-refractivity contribution < 1.29 is 35.9 Å². The Balaban J connectivity index is 2.01. The molecular weight excluding hydrogens is 461 g/mol. The van der Waals surface area contributed by atoms with Crippen LogP contribution in [0, 0.1) is 17.5 Å². The molecule has 3 aromatic carbocycles. The molecule has 0 saturated heterocycles. The van der Waals surface area contributed by atoms with Crippen LogP contribution in [0.1, 0.15) is 0 Å². The van der Waals surface area contributed by atoms with Crippen molar-refractivity contribution in [2.45, 2.75) is 4.90 Å². The summed E-state index contributed by atoms with van der Waals surface area (Å²) in [5.74, 6) is -3.31. The highest BCUT2D eigenvalue weighted by Crippen LogP contribution is 2.32. The van der Waals surface area contributed by atoms with Gasteiger partial charge in [0.1, 0.15) is 29.7 Å². The highest BCUT2D eigenvalue weighted by molar-refractivity contribution is 7.92. The first-order valence-corrected chi connectivity index (χ1v) is 10.9. The number of methoxy groups -OCH3 is 2. The number of amides is 1. The number of sulfonamides is 1. The van der Waals surface area contributed by atoms with Crippen LogP contribution in [0.2, 0.25) is 0 Å². The van der Waals surface area contributed by atoms with E-state index in [1.165, 1.54) is 32.4 Å². The molecule has 0 spiro atoms. The van der Waals surface area contributed by atoms with Crippen molar-refractivity contribution in [1.29, 1.82) is 0 Å². The number of para-hydroxylation sites is 1. The fourth-order valence-electron chi connectivity index (χ4n) is 2.95. The third kappa shape index (κ3) is 5.20. The Bertz CT molecular complexity index is 1250. The minimum absolute atomic E-state index is 0.0460. The second-order valence-corrected chi connectivity index (χ2v) is 8.51. The standard InChI is InChI=1S/C22H19F3N2O5S/c1-31-19-11-10-16(12-20(19)32-2)33(29,30)27(15-8-6-14(23)7-9-15)13-21(28)26-22-17(24)4-3-5-18(22)25/h3-12H,13H2,1-2H3,(H,26,28). The molecule has 1 amide bonds. The minimum atomic E-state index is -4.41. The quantitative estimate of drug-likeness (QED) is 0.528. The Morgan fingerprint density at radius 2 is 1.52 bits per heavy atom. The number of hydrogen-bond acceptors (Lipinski definition) is 5. The Labute approximate surface area is 188 Å². The normalized spacial score (nSPS) is 11.1. The fraction of sp³-hybridized carbons (Fsp3) is 0.136. The molecule has 174 valence electrons. The second kappa shape index (κ2) is 9.82. The number of anilines is 2. The molecule has 0 bridgehead atoms. The molecule has 0 unspecified atom stereocenters. The Kier molecular flexibility index (Phi) is 7.12. The maximum Gasteiger partial charge on any atom is 0.264 e. The molecule has 0 saturated carbocycles. The van der Waals surface area contributed by atoms with Crippen molar-refractivity contribution in [3.63, 3.8) is 0 Å². The largest absolute Gasteiger partial charge is 0.493 e. The van der Waals surface area contributed by atoms with Crippen LogP contribution in [-0.4, -0.2) is 35.1 Å². The number of nitrogens with one attached hydrogen (secondary N) is 1. The van der Waals surface area contributed by atoms with Crippen molar-refractivity contribution in [2.24, 2.45) is 0 Å². The van der Waals surface area contributed by atoms with Gasteiger partial charge >= 0.3 is 0 Å². The van der Waals surface area contributed by atoms with Gasteiger partial charge in [-0.3, -0.25) is 9.10 Å². The molecule has 0 fully saturated rings. The lowest BCUT2D eigenvalue weighted by molar-refractivity contribution is -0.114. The molecule has 0 aliphatic rings. The van der Waals surface area contributed by atoms with Crippen molar-refractivity contribution in [1.82, 2.24) is 0 Å². The molecule has 7 nitrogen and oxygen atoms in total. The number of hydrogen-bond donors (Lipinski definition) is 1. The first-order chi connectivity index (χ1) is 15.7. The lowest BCUT2D eigenvalue weighted by Gasteiger charge is -2.24. The predicted octanol–water partition coefficient (Wildman–Crippen LogP) is 3.96. The van der Waals surface area contributed by atoms with Gasteiger partial charge in [0, 0.05) is 6.07 Å². The third-order valence-electron chi connectivity index (χ3n) is 4.57. The van der Waals surface area contributed by atoms with Gasteiger partial charge in [-0.1, -0.05) is 6.07 Å². The van der Waals surface area contributed by atoms with Crippen LogP contribution < -0.4 is 19.1 Å². The van der Waals surface area contributed by atoms with Crippen LogP contribution in [0.4, 0.5) is 24.5 Å². The van der Waals surface area contributed by atoms with Gasteiger partial charge in [-0.2, -0.15) is 0 Å². The van der Waals surface area contributed by atoms with E-state index in [1.54, 1.807) is 0 Å². The second-order valence-electron chi connectivity index (χ2n) is 6.65. The van der Waals surface area contributed by atoms with Crippen LogP contribution in [0.25, 0.3) is 0 Å². The van der Waals surface area contributed by atoms with E-state index in [2.05, 4.69) is 0 Å². The van der Waals surface area contributed by atoms with Gasteiger partial charge in [-0.25, -0.2) is 21.6 Å². The third-order valence-corrected chi connectivity index (χ3v) is 6.34. The number of rotatable bonds is 8. The first kappa shape index (κ1) is 23.9. The van der Waals surface area contributed by atoms with E-state index in [1.807, 2.05) is 5.32 Å². The van der Waals surface area contributed by atoms with Gasteiger partial charge < -0.3 is 14.8 Å². The average molecular weight is 480 g/mol. The Hall–Kier alpha value is -3.73. The predicted molar refractivity (Wildman–Crippen MR) is 115 cm³/mol. The Morgan fingerprint density at radius 3 is 2.09 bits per heavy atom.